The number of hydrogen-bond acceptors (Lipinski definition) is 7. The Morgan fingerprint density at radius 3 is 2.55 bits per heavy atom. The van der Waals surface area contributed by atoms with Crippen LogP contribution in [-0.2, 0) is 21.6 Å². The molecule has 3 N–H and O–H groups in total. The quantitative estimate of drug-likeness (QED) is 0.646. The van der Waals surface area contributed by atoms with Gasteiger partial charge >= 0.3 is 0 Å². The fourth-order valence-corrected chi connectivity index (χ4v) is 4.15. The molecule has 2 aliphatic rings. The standard InChI is InChI=1S/C23H26FNO6/c1-3-29-17-7-4-14(5-8-17)10-15-11-16(6-9-18(15)24)23-22(30-13(2)25-23)21(28)20(27)19(12-26)31-23/h4-9,11,19-22,26-28H,3,10,12H2,1-2H3/t19-,20-,21+,22?,23?/m1/s1. The molecule has 0 aromatic heterocycles. The molecule has 2 aromatic carbocycles. The van der Waals surface area contributed by atoms with Gasteiger partial charge in [-0.2, -0.15) is 0 Å². The van der Waals surface area contributed by atoms with E-state index in [0.717, 1.165) is 11.3 Å². The number of ether oxygens (including phenoxy) is 3. The Labute approximate surface area is 179 Å². The van der Waals surface area contributed by atoms with Crippen LogP contribution in [0.1, 0.15) is 30.5 Å². The minimum absolute atomic E-state index is 0.271. The summed E-state index contributed by atoms with van der Waals surface area (Å²) in [4.78, 5) is 4.46. The van der Waals surface area contributed by atoms with Gasteiger partial charge in [0.25, 0.3) is 0 Å². The molecule has 2 aromatic rings. The monoisotopic (exact) mass is 431 g/mol. The first-order valence-corrected chi connectivity index (χ1v) is 10.3. The molecule has 2 unspecified atom stereocenters. The van der Waals surface area contributed by atoms with Crippen LogP contribution in [0.2, 0.25) is 0 Å². The van der Waals surface area contributed by atoms with E-state index in [-0.39, 0.29) is 11.7 Å². The van der Waals surface area contributed by atoms with Crippen LogP contribution in [0.5, 0.6) is 5.75 Å². The first-order valence-electron chi connectivity index (χ1n) is 10.3. The summed E-state index contributed by atoms with van der Waals surface area (Å²) in [7, 11) is 0. The van der Waals surface area contributed by atoms with Crippen LogP contribution in [0.4, 0.5) is 4.39 Å². The van der Waals surface area contributed by atoms with E-state index >= 15 is 0 Å². The normalized spacial score (nSPS) is 29.8. The Bertz CT molecular complexity index is 965. The zero-order valence-electron chi connectivity index (χ0n) is 17.4. The smallest absolute Gasteiger partial charge is 0.228 e. The fourth-order valence-electron chi connectivity index (χ4n) is 4.15. The van der Waals surface area contributed by atoms with E-state index in [1.807, 2.05) is 31.2 Å². The van der Waals surface area contributed by atoms with Crippen LogP contribution >= 0.6 is 0 Å². The molecule has 2 aliphatic heterocycles. The van der Waals surface area contributed by atoms with E-state index in [2.05, 4.69) is 4.99 Å². The molecule has 2 heterocycles. The number of halogens is 1. The summed E-state index contributed by atoms with van der Waals surface area (Å²) in [6.07, 6.45) is -4.44. The van der Waals surface area contributed by atoms with Crippen LogP contribution in [0.3, 0.4) is 0 Å². The molecule has 166 valence electrons. The molecule has 7 nitrogen and oxygen atoms in total. The third kappa shape index (κ3) is 3.92. The molecule has 8 heteroatoms. The first kappa shape index (κ1) is 21.7. The molecule has 0 radical (unpaired) electrons. The zero-order chi connectivity index (χ0) is 22.2. The minimum atomic E-state index is -1.49. The molecule has 0 amide bonds. The number of aliphatic imine (C=N–C) groups is 1. The van der Waals surface area contributed by atoms with Crippen molar-refractivity contribution in [2.45, 2.75) is 50.4 Å². The van der Waals surface area contributed by atoms with Gasteiger partial charge in [-0.3, -0.25) is 0 Å². The number of benzene rings is 2. The van der Waals surface area contributed by atoms with Gasteiger partial charge in [-0.05, 0) is 42.3 Å². The molecule has 31 heavy (non-hydrogen) atoms. The van der Waals surface area contributed by atoms with Crippen LogP contribution in [0, 0.1) is 5.82 Å². The molecule has 0 saturated carbocycles. The van der Waals surface area contributed by atoms with E-state index in [9.17, 15) is 19.7 Å². The van der Waals surface area contributed by atoms with Crippen LogP contribution in [-0.4, -0.2) is 58.8 Å². The Balaban J connectivity index is 1.69. The molecule has 0 bridgehead atoms. The Kier molecular flexibility index (Phi) is 5.98. The second kappa shape index (κ2) is 8.55. The Morgan fingerprint density at radius 1 is 1.13 bits per heavy atom. The third-order valence-corrected chi connectivity index (χ3v) is 5.65. The molecule has 0 spiro atoms. The zero-order valence-corrected chi connectivity index (χ0v) is 17.4. The summed E-state index contributed by atoms with van der Waals surface area (Å²) in [5.74, 6) is 0.626. The fraction of sp³-hybridized carbons (Fsp3) is 0.435. The van der Waals surface area contributed by atoms with Gasteiger partial charge in [0.1, 0.15) is 29.9 Å². The summed E-state index contributed by atoms with van der Waals surface area (Å²) in [6, 6.07) is 11.9. The van der Waals surface area contributed by atoms with Crippen molar-refractivity contribution < 1.29 is 33.9 Å². The SMILES string of the molecule is CCOc1ccc(Cc2cc(C34N=C(C)OC3[C@@H](O)[C@H](O)[C@@H](CO)O4)ccc2F)cc1. The molecule has 0 aliphatic carbocycles. The number of fused-ring (bicyclic) bond motifs is 1. The maximum Gasteiger partial charge on any atom is 0.228 e. The van der Waals surface area contributed by atoms with E-state index in [1.54, 1.807) is 13.0 Å². The van der Waals surface area contributed by atoms with Gasteiger partial charge in [0.05, 0.1) is 13.2 Å². The molecular weight excluding hydrogens is 405 g/mol. The van der Waals surface area contributed by atoms with Crippen LogP contribution < -0.4 is 4.74 Å². The van der Waals surface area contributed by atoms with Gasteiger partial charge in [0.2, 0.25) is 5.72 Å². The van der Waals surface area contributed by atoms with E-state index < -0.39 is 36.7 Å². The second-order valence-corrected chi connectivity index (χ2v) is 7.75. The van der Waals surface area contributed by atoms with Crippen molar-refractivity contribution in [3.63, 3.8) is 0 Å². The van der Waals surface area contributed by atoms with Crippen LogP contribution in [0.15, 0.2) is 47.5 Å². The lowest BCUT2D eigenvalue weighted by Gasteiger charge is -2.44. The van der Waals surface area contributed by atoms with Crippen molar-refractivity contribution in [2.24, 2.45) is 4.99 Å². The van der Waals surface area contributed by atoms with Crippen molar-refractivity contribution in [2.75, 3.05) is 13.2 Å². The Hall–Kier alpha value is -2.52. The largest absolute Gasteiger partial charge is 0.494 e. The number of aliphatic hydroxyl groups is 3. The number of nitrogens with zero attached hydrogens (tertiary/aromatic N) is 1. The van der Waals surface area contributed by atoms with Gasteiger partial charge in [0, 0.05) is 18.9 Å². The maximum atomic E-state index is 14.7. The van der Waals surface area contributed by atoms with Gasteiger partial charge in [-0.25, -0.2) is 9.38 Å². The molecule has 1 fully saturated rings. The number of hydrogen-bond donors (Lipinski definition) is 3. The van der Waals surface area contributed by atoms with Crippen molar-refractivity contribution >= 4 is 5.90 Å². The highest BCUT2D eigenvalue weighted by atomic mass is 19.1. The van der Waals surface area contributed by atoms with Gasteiger partial charge in [-0.1, -0.05) is 18.2 Å². The average Bonchev–Trinajstić information content (AvgIpc) is 3.11. The summed E-state index contributed by atoms with van der Waals surface area (Å²) < 4.78 is 31.7. The first-order chi connectivity index (χ1) is 14.9. The predicted octanol–water partition coefficient (Wildman–Crippen LogP) is 1.90. The van der Waals surface area contributed by atoms with Gasteiger partial charge < -0.3 is 29.5 Å². The minimum Gasteiger partial charge on any atom is -0.494 e. The summed E-state index contributed by atoms with van der Waals surface area (Å²) in [5, 5.41) is 30.5. The topological polar surface area (TPSA) is 101 Å². The van der Waals surface area contributed by atoms with Crippen molar-refractivity contribution in [1.29, 1.82) is 0 Å². The highest BCUT2D eigenvalue weighted by molar-refractivity contribution is 5.76. The molecule has 4 rings (SSSR count). The highest BCUT2D eigenvalue weighted by Gasteiger charge is 2.59. The Morgan fingerprint density at radius 2 is 1.87 bits per heavy atom. The van der Waals surface area contributed by atoms with Gasteiger partial charge in [0.15, 0.2) is 12.0 Å². The number of aliphatic hydroxyl groups excluding tert-OH is 3. The summed E-state index contributed by atoms with van der Waals surface area (Å²) in [6.45, 7) is 3.57. The summed E-state index contributed by atoms with van der Waals surface area (Å²) in [5.41, 5.74) is 0.293. The summed E-state index contributed by atoms with van der Waals surface area (Å²) >= 11 is 0. The molecule has 1 saturated heterocycles. The maximum absolute atomic E-state index is 14.7. The average molecular weight is 431 g/mol. The lowest BCUT2D eigenvalue weighted by atomic mass is 9.85. The molecular formula is C23H26FNO6. The second-order valence-electron chi connectivity index (χ2n) is 7.75. The third-order valence-electron chi connectivity index (χ3n) is 5.65. The van der Waals surface area contributed by atoms with E-state index in [4.69, 9.17) is 14.2 Å². The van der Waals surface area contributed by atoms with Crippen molar-refractivity contribution in [3.8, 4) is 5.75 Å². The lowest BCUT2D eigenvalue weighted by molar-refractivity contribution is -0.262. The molecule has 5 atom stereocenters. The number of rotatable bonds is 6. The van der Waals surface area contributed by atoms with E-state index in [1.165, 1.54) is 12.1 Å². The lowest BCUT2D eigenvalue weighted by Crippen LogP contribution is -2.61. The van der Waals surface area contributed by atoms with Crippen molar-refractivity contribution in [3.05, 3.63) is 65.0 Å². The van der Waals surface area contributed by atoms with Crippen molar-refractivity contribution in [1.82, 2.24) is 0 Å². The van der Waals surface area contributed by atoms with Gasteiger partial charge in [-0.15, -0.1) is 0 Å². The predicted molar refractivity (Wildman–Crippen MR) is 110 cm³/mol. The highest BCUT2D eigenvalue weighted by Crippen LogP contribution is 2.45. The van der Waals surface area contributed by atoms with Crippen LogP contribution in [0.25, 0.3) is 0 Å². The van der Waals surface area contributed by atoms with E-state index in [0.29, 0.717) is 24.2 Å².